The fraction of sp³-hybridized carbons (Fsp3) is 0.100. The summed E-state index contributed by atoms with van der Waals surface area (Å²) < 4.78 is 0. The molecule has 6 heteroatoms. The number of rotatable bonds is 6. The van der Waals surface area contributed by atoms with Gasteiger partial charge < -0.3 is 10.6 Å². The average molecular weight is 476 g/mol. The third-order valence-electron chi connectivity index (χ3n) is 6.50. The van der Waals surface area contributed by atoms with E-state index >= 15 is 0 Å². The molecule has 1 saturated heterocycles. The molecule has 2 N–H and O–H groups in total. The zero-order valence-electron chi connectivity index (χ0n) is 19.7. The lowest BCUT2D eigenvalue weighted by Crippen LogP contribution is -2.48. The van der Waals surface area contributed by atoms with E-state index in [4.69, 9.17) is 0 Å². The summed E-state index contributed by atoms with van der Waals surface area (Å²) in [6.45, 7) is 1.56. The van der Waals surface area contributed by atoms with E-state index in [2.05, 4.69) is 10.6 Å². The summed E-state index contributed by atoms with van der Waals surface area (Å²) in [7, 11) is 0. The van der Waals surface area contributed by atoms with Crippen LogP contribution in [-0.4, -0.2) is 28.8 Å². The fourth-order valence-electron chi connectivity index (χ4n) is 4.65. The predicted octanol–water partition coefficient (Wildman–Crippen LogP) is 5.18. The number of urea groups is 1. The van der Waals surface area contributed by atoms with Crippen molar-refractivity contribution in [3.05, 3.63) is 126 Å². The maximum absolute atomic E-state index is 14.0. The molecule has 1 fully saturated rings. The van der Waals surface area contributed by atoms with Crippen molar-refractivity contribution >= 4 is 23.5 Å². The zero-order chi connectivity index (χ0) is 25.1. The van der Waals surface area contributed by atoms with Crippen LogP contribution >= 0.6 is 0 Å². The molecule has 6 nitrogen and oxygen atoms in total. The molecule has 1 atom stereocenters. The van der Waals surface area contributed by atoms with Gasteiger partial charge in [-0.1, -0.05) is 109 Å². The molecule has 0 aliphatic carbocycles. The first-order valence-corrected chi connectivity index (χ1v) is 11.7. The third kappa shape index (κ3) is 3.92. The summed E-state index contributed by atoms with van der Waals surface area (Å²) in [5.41, 5.74) is 2.22. The number of para-hydroxylation sites is 1. The van der Waals surface area contributed by atoms with E-state index in [0.717, 1.165) is 16.0 Å². The highest BCUT2D eigenvalue weighted by Gasteiger charge is 2.55. The quantitative estimate of drug-likeness (QED) is 0.378. The first-order chi connectivity index (χ1) is 17.5. The van der Waals surface area contributed by atoms with Crippen LogP contribution in [0.15, 0.2) is 115 Å². The number of anilines is 1. The number of benzene rings is 4. The van der Waals surface area contributed by atoms with Gasteiger partial charge in [-0.05, 0) is 29.7 Å². The van der Waals surface area contributed by atoms with Crippen molar-refractivity contribution in [2.45, 2.75) is 18.5 Å². The molecule has 178 valence electrons. The van der Waals surface area contributed by atoms with E-state index in [9.17, 15) is 14.4 Å². The Hall–Kier alpha value is -4.71. The monoisotopic (exact) mass is 475 g/mol. The van der Waals surface area contributed by atoms with Crippen LogP contribution in [0.1, 0.15) is 18.1 Å². The first kappa shape index (κ1) is 23.1. The van der Waals surface area contributed by atoms with Crippen LogP contribution in [-0.2, 0) is 15.1 Å². The average Bonchev–Trinajstić information content (AvgIpc) is 3.20. The Kier molecular flexibility index (Phi) is 6.09. The topological polar surface area (TPSA) is 78.5 Å². The van der Waals surface area contributed by atoms with E-state index in [1.165, 1.54) is 0 Å². The molecule has 0 spiro atoms. The number of carbonyl (C=O) groups excluding carboxylic acids is 3. The fourth-order valence-corrected chi connectivity index (χ4v) is 4.65. The van der Waals surface area contributed by atoms with Gasteiger partial charge in [-0.2, -0.15) is 0 Å². The second-order valence-corrected chi connectivity index (χ2v) is 8.66. The molecule has 1 aliphatic heterocycles. The normalized spacial score (nSPS) is 15.3. The van der Waals surface area contributed by atoms with E-state index in [0.29, 0.717) is 16.8 Å². The van der Waals surface area contributed by atoms with E-state index in [-0.39, 0.29) is 0 Å². The molecule has 1 unspecified atom stereocenters. The van der Waals surface area contributed by atoms with Gasteiger partial charge in [0.15, 0.2) is 5.54 Å². The van der Waals surface area contributed by atoms with Crippen LogP contribution < -0.4 is 10.6 Å². The van der Waals surface area contributed by atoms with Crippen molar-refractivity contribution in [1.29, 1.82) is 0 Å². The molecular weight excluding hydrogens is 450 g/mol. The van der Waals surface area contributed by atoms with Crippen LogP contribution in [0.3, 0.4) is 0 Å². The molecule has 0 aromatic heterocycles. The van der Waals surface area contributed by atoms with Gasteiger partial charge >= 0.3 is 6.03 Å². The Labute approximate surface area is 209 Å². The Morgan fingerprint density at radius 2 is 1.25 bits per heavy atom. The second-order valence-electron chi connectivity index (χ2n) is 8.66. The second kappa shape index (κ2) is 9.50. The van der Waals surface area contributed by atoms with Crippen molar-refractivity contribution in [2.75, 3.05) is 5.32 Å². The Morgan fingerprint density at radius 1 is 0.750 bits per heavy atom. The van der Waals surface area contributed by atoms with Crippen LogP contribution in [0.5, 0.6) is 0 Å². The van der Waals surface area contributed by atoms with E-state index < -0.39 is 29.4 Å². The smallest absolute Gasteiger partial charge is 0.324 e. The van der Waals surface area contributed by atoms with Crippen LogP contribution in [0, 0.1) is 0 Å². The molecule has 4 aromatic carbocycles. The lowest BCUT2D eigenvalue weighted by Gasteiger charge is -2.29. The molecule has 4 amide bonds. The minimum absolute atomic E-state index is 0.459. The van der Waals surface area contributed by atoms with Crippen LogP contribution in [0.25, 0.3) is 11.1 Å². The van der Waals surface area contributed by atoms with Crippen LogP contribution in [0.4, 0.5) is 10.5 Å². The largest absolute Gasteiger partial charge is 0.326 e. The summed E-state index contributed by atoms with van der Waals surface area (Å²) in [6, 6.07) is 33.7. The molecule has 5 rings (SSSR count). The summed E-state index contributed by atoms with van der Waals surface area (Å²) in [6.07, 6.45) is 0. The van der Waals surface area contributed by atoms with Crippen molar-refractivity contribution in [3.63, 3.8) is 0 Å². The molecule has 36 heavy (non-hydrogen) atoms. The Balaban J connectivity index is 1.47. The third-order valence-corrected chi connectivity index (χ3v) is 6.50. The summed E-state index contributed by atoms with van der Waals surface area (Å²) >= 11 is 0. The van der Waals surface area contributed by atoms with Gasteiger partial charge in [0.05, 0.1) is 0 Å². The number of amides is 4. The number of hydrogen-bond acceptors (Lipinski definition) is 3. The standard InChI is InChI=1S/C30H25N3O3/c1-21(27(34)31-26-20-12-11-19-25(26)22-13-5-2-6-14-22)33-28(35)30(32-29(33)36,23-15-7-3-8-16-23)24-17-9-4-10-18-24/h2-21H,1H3,(H,31,34)(H,32,36). The van der Waals surface area contributed by atoms with Gasteiger partial charge in [0.25, 0.3) is 5.91 Å². The van der Waals surface area contributed by atoms with Crippen molar-refractivity contribution in [1.82, 2.24) is 10.2 Å². The minimum Gasteiger partial charge on any atom is -0.324 e. The van der Waals surface area contributed by atoms with Gasteiger partial charge in [-0.3, -0.25) is 9.59 Å². The highest BCUT2D eigenvalue weighted by Crippen LogP contribution is 2.37. The zero-order valence-corrected chi connectivity index (χ0v) is 19.7. The maximum atomic E-state index is 14.0. The highest BCUT2D eigenvalue weighted by atomic mass is 16.2. The van der Waals surface area contributed by atoms with Gasteiger partial charge in [-0.25, -0.2) is 9.69 Å². The molecule has 1 heterocycles. The molecule has 0 saturated carbocycles. The molecule has 0 bridgehead atoms. The summed E-state index contributed by atoms with van der Waals surface area (Å²) in [4.78, 5) is 41.6. The number of imide groups is 1. The number of nitrogens with zero attached hydrogens (tertiary/aromatic N) is 1. The SMILES string of the molecule is CC(C(=O)Nc1ccccc1-c1ccccc1)N1C(=O)NC(c2ccccc2)(c2ccccc2)C1=O. The molecular formula is C30H25N3O3. The number of nitrogens with one attached hydrogen (secondary N) is 2. The van der Waals surface area contributed by atoms with E-state index in [1.807, 2.05) is 84.9 Å². The Bertz CT molecular complexity index is 1370. The van der Waals surface area contributed by atoms with Gasteiger partial charge in [0, 0.05) is 11.3 Å². The Morgan fingerprint density at radius 3 is 1.83 bits per heavy atom. The summed E-state index contributed by atoms with van der Waals surface area (Å²) in [5.74, 6) is -0.956. The molecule has 1 aliphatic rings. The first-order valence-electron chi connectivity index (χ1n) is 11.7. The molecule has 0 radical (unpaired) electrons. The number of hydrogen-bond donors (Lipinski definition) is 2. The van der Waals surface area contributed by atoms with Crippen molar-refractivity contribution in [3.8, 4) is 11.1 Å². The van der Waals surface area contributed by atoms with Gasteiger partial charge in [0.1, 0.15) is 6.04 Å². The highest BCUT2D eigenvalue weighted by molar-refractivity contribution is 6.13. The van der Waals surface area contributed by atoms with Crippen molar-refractivity contribution < 1.29 is 14.4 Å². The maximum Gasteiger partial charge on any atom is 0.326 e. The molecule has 4 aromatic rings. The van der Waals surface area contributed by atoms with Crippen LogP contribution in [0.2, 0.25) is 0 Å². The van der Waals surface area contributed by atoms with Gasteiger partial charge in [-0.15, -0.1) is 0 Å². The van der Waals surface area contributed by atoms with Gasteiger partial charge in [0.2, 0.25) is 5.91 Å². The lowest BCUT2D eigenvalue weighted by molar-refractivity contribution is -0.135. The lowest BCUT2D eigenvalue weighted by atomic mass is 9.82. The van der Waals surface area contributed by atoms with E-state index in [1.54, 1.807) is 37.3 Å². The number of carbonyl (C=O) groups is 3. The minimum atomic E-state index is -1.42. The van der Waals surface area contributed by atoms with Crippen molar-refractivity contribution in [2.24, 2.45) is 0 Å². The predicted molar refractivity (Wildman–Crippen MR) is 139 cm³/mol. The summed E-state index contributed by atoms with van der Waals surface area (Å²) in [5, 5.41) is 5.82.